The quantitative estimate of drug-likeness (QED) is 0.640. The third-order valence-corrected chi connectivity index (χ3v) is 3.35. The van der Waals surface area contributed by atoms with Crippen molar-refractivity contribution in [3.05, 3.63) is 66.5 Å². The van der Waals surface area contributed by atoms with Crippen LogP contribution in [-0.4, -0.2) is 21.4 Å². The van der Waals surface area contributed by atoms with Crippen molar-refractivity contribution in [1.82, 2.24) is 9.78 Å². The predicted molar refractivity (Wildman–Crippen MR) is 89.9 cm³/mol. The van der Waals surface area contributed by atoms with E-state index in [9.17, 15) is 4.79 Å². The summed E-state index contributed by atoms with van der Waals surface area (Å²) in [5.41, 5.74) is 0.571. The van der Waals surface area contributed by atoms with Gasteiger partial charge in [0.2, 0.25) is 0 Å². The Morgan fingerprint density at radius 2 is 2.04 bits per heavy atom. The Hall–Kier alpha value is -2.80. The Morgan fingerprint density at radius 3 is 2.70 bits per heavy atom. The maximum atomic E-state index is 12.5. The van der Waals surface area contributed by atoms with E-state index in [-0.39, 0.29) is 6.04 Å². The van der Waals surface area contributed by atoms with Gasteiger partial charge in [0.15, 0.2) is 5.60 Å². The van der Waals surface area contributed by atoms with Crippen molar-refractivity contribution in [2.24, 2.45) is 0 Å². The molecule has 1 heterocycles. The average molecular weight is 308 g/mol. The Labute approximate surface area is 136 Å². The van der Waals surface area contributed by atoms with Gasteiger partial charge >= 0.3 is 5.97 Å². The van der Waals surface area contributed by atoms with E-state index in [1.54, 1.807) is 30.8 Å². The maximum absolute atomic E-state index is 12.5. The summed E-state index contributed by atoms with van der Waals surface area (Å²) in [7, 11) is 0. The van der Waals surface area contributed by atoms with Crippen LogP contribution in [0.1, 0.15) is 42.9 Å². The number of esters is 1. The maximum Gasteiger partial charge on any atom is 0.358 e. The third kappa shape index (κ3) is 4.10. The molecule has 0 unspecified atom stereocenters. The molecule has 118 valence electrons. The number of carbonyl (C=O) groups excluding carboxylic acids is 1. The van der Waals surface area contributed by atoms with Gasteiger partial charge in [0, 0.05) is 6.20 Å². The van der Waals surface area contributed by atoms with E-state index in [1.165, 1.54) is 6.08 Å². The molecule has 0 fully saturated rings. The van der Waals surface area contributed by atoms with Gasteiger partial charge in [-0.25, -0.2) is 4.79 Å². The molecular weight excluding hydrogens is 288 g/mol. The van der Waals surface area contributed by atoms with Gasteiger partial charge in [-0.3, -0.25) is 4.68 Å². The first kappa shape index (κ1) is 16.6. The number of ether oxygens (including phenoxy) is 1. The highest BCUT2D eigenvalue weighted by Crippen LogP contribution is 2.20. The van der Waals surface area contributed by atoms with E-state index in [4.69, 9.17) is 4.74 Å². The first-order valence-electron chi connectivity index (χ1n) is 7.40. The third-order valence-electron chi connectivity index (χ3n) is 3.35. The Bertz CT molecular complexity index is 748. The van der Waals surface area contributed by atoms with Gasteiger partial charge in [0.25, 0.3) is 0 Å². The molecule has 0 aliphatic carbocycles. The number of allylic oxidation sites excluding steroid dienone is 1. The van der Waals surface area contributed by atoms with Crippen molar-refractivity contribution in [2.75, 3.05) is 0 Å². The fourth-order valence-corrected chi connectivity index (χ4v) is 2.19. The Kier molecular flexibility index (Phi) is 5.02. The van der Waals surface area contributed by atoms with Crippen LogP contribution >= 0.6 is 0 Å². The first-order chi connectivity index (χ1) is 10.9. The van der Waals surface area contributed by atoms with Gasteiger partial charge in [-0.05, 0) is 38.5 Å². The van der Waals surface area contributed by atoms with Crippen LogP contribution < -0.4 is 0 Å². The van der Waals surface area contributed by atoms with Gasteiger partial charge in [0.1, 0.15) is 5.69 Å². The molecule has 1 aromatic heterocycles. The summed E-state index contributed by atoms with van der Waals surface area (Å²) in [5, 5.41) is 4.27. The van der Waals surface area contributed by atoms with Crippen LogP contribution in [0, 0.1) is 11.8 Å². The molecule has 2 aromatic rings. The SMILES string of the molecule is C=CC#CC(C)(C)OC(=O)c1ccnn1[C@H](C)c1ccccc1. The van der Waals surface area contributed by atoms with Gasteiger partial charge in [-0.2, -0.15) is 5.10 Å². The molecule has 1 atom stereocenters. The van der Waals surface area contributed by atoms with Crippen molar-refractivity contribution in [3.63, 3.8) is 0 Å². The van der Waals surface area contributed by atoms with Crippen LogP contribution in [0.4, 0.5) is 0 Å². The number of carbonyl (C=O) groups is 1. The molecule has 0 saturated heterocycles. The van der Waals surface area contributed by atoms with Crippen molar-refractivity contribution < 1.29 is 9.53 Å². The molecule has 2 rings (SSSR count). The molecule has 0 radical (unpaired) electrons. The van der Waals surface area contributed by atoms with Crippen molar-refractivity contribution >= 4 is 5.97 Å². The van der Waals surface area contributed by atoms with Gasteiger partial charge in [0.05, 0.1) is 6.04 Å². The fourth-order valence-electron chi connectivity index (χ4n) is 2.19. The van der Waals surface area contributed by atoms with Crippen molar-refractivity contribution in [2.45, 2.75) is 32.4 Å². The van der Waals surface area contributed by atoms with E-state index >= 15 is 0 Å². The number of benzene rings is 1. The lowest BCUT2D eigenvalue weighted by Gasteiger charge is -2.20. The highest BCUT2D eigenvalue weighted by Gasteiger charge is 2.25. The normalized spacial score (nSPS) is 12.0. The summed E-state index contributed by atoms with van der Waals surface area (Å²) in [6.45, 7) is 9.00. The molecule has 0 bridgehead atoms. The van der Waals surface area contributed by atoms with Crippen LogP contribution in [0.2, 0.25) is 0 Å². The highest BCUT2D eigenvalue weighted by atomic mass is 16.6. The second-order valence-electron chi connectivity index (χ2n) is 5.62. The molecule has 23 heavy (non-hydrogen) atoms. The van der Waals surface area contributed by atoms with Crippen LogP contribution in [0.3, 0.4) is 0 Å². The molecule has 4 nitrogen and oxygen atoms in total. The first-order valence-corrected chi connectivity index (χ1v) is 7.40. The Morgan fingerprint density at radius 1 is 1.35 bits per heavy atom. The van der Waals surface area contributed by atoms with Crippen LogP contribution in [0.25, 0.3) is 0 Å². The largest absolute Gasteiger partial charge is 0.442 e. The lowest BCUT2D eigenvalue weighted by atomic mass is 10.1. The lowest BCUT2D eigenvalue weighted by Crippen LogP contribution is -2.28. The molecule has 0 N–H and O–H groups in total. The smallest absolute Gasteiger partial charge is 0.358 e. The number of nitrogens with zero attached hydrogens (tertiary/aromatic N) is 2. The molecule has 0 aliphatic rings. The summed E-state index contributed by atoms with van der Waals surface area (Å²) in [4.78, 5) is 12.5. The summed E-state index contributed by atoms with van der Waals surface area (Å²) < 4.78 is 7.15. The van der Waals surface area contributed by atoms with Gasteiger partial charge < -0.3 is 4.74 Å². The van der Waals surface area contributed by atoms with E-state index in [0.717, 1.165) is 5.56 Å². The highest BCUT2D eigenvalue weighted by molar-refractivity contribution is 5.88. The van der Waals surface area contributed by atoms with Gasteiger partial charge in [-0.1, -0.05) is 48.8 Å². The molecule has 0 aliphatic heterocycles. The summed E-state index contributed by atoms with van der Waals surface area (Å²) >= 11 is 0. The van der Waals surface area contributed by atoms with Gasteiger partial charge in [-0.15, -0.1) is 0 Å². The zero-order valence-electron chi connectivity index (χ0n) is 13.6. The van der Waals surface area contributed by atoms with Crippen molar-refractivity contribution in [1.29, 1.82) is 0 Å². The number of hydrogen-bond acceptors (Lipinski definition) is 3. The van der Waals surface area contributed by atoms with E-state index in [2.05, 4.69) is 23.5 Å². The number of aromatic nitrogens is 2. The second-order valence-corrected chi connectivity index (χ2v) is 5.62. The molecule has 4 heteroatoms. The van der Waals surface area contributed by atoms with E-state index in [1.807, 2.05) is 37.3 Å². The van der Waals surface area contributed by atoms with Crippen LogP contribution in [0.15, 0.2) is 55.3 Å². The topological polar surface area (TPSA) is 44.1 Å². The minimum absolute atomic E-state index is 0.0730. The predicted octanol–water partition coefficient (Wildman–Crippen LogP) is 3.62. The van der Waals surface area contributed by atoms with E-state index in [0.29, 0.717) is 5.69 Å². The zero-order chi connectivity index (χ0) is 16.9. The average Bonchev–Trinajstić information content (AvgIpc) is 3.02. The summed E-state index contributed by atoms with van der Waals surface area (Å²) in [6.07, 6.45) is 3.07. The monoisotopic (exact) mass is 308 g/mol. The molecule has 1 aromatic carbocycles. The molecule has 0 spiro atoms. The standard InChI is InChI=1S/C19H20N2O2/c1-5-6-13-19(3,4)23-18(22)17-12-14-20-21(17)15(2)16-10-8-7-9-11-16/h5,7-12,14-15H,1H2,2-4H3/t15-/m1/s1. The van der Waals surface area contributed by atoms with Crippen LogP contribution in [0.5, 0.6) is 0 Å². The minimum atomic E-state index is -0.893. The number of rotatable bonds is 4. The lowest BCUT2D eigenvalue weighted by molar-refractivity contribution is 0.0189. The van der Waals surface area contributed by atoms with E-state index < -0.39 is 11.6 Å². The zero-order valence-corrected chi connectivity index (χ0v) is 13.6. The second kappa shape index (κ2) is 6.97. The molecular formula is C19H20N2O2. The summed E-state index contributed by atoms with van der Waals surface area (Å²) in [6, 6.07) is 11.5. The molecule has 0 saturated carbocycles. The van der Waals surface area contributed by atoms with Crippen LogP contribution in [-0.2, 0) is 4.74 Å². The van der Waals surface area contributed by atoms with Crippen molar-refractivity contribution in [3.8, 4) is 11.8 Å². The molecule has 0 amide bonds. The number of hydrogen-bond donors (Lipinski definition) is 0. The summed E-state index contributed by atoms with van der Waals surface area (Å²) in [5.74, 6) is 5.11. The minimum Gasteiger partial charge on any atom is -0.442 e. The Balaban J connectivity index is 2.24. The fraction of sp³-hybridized carbons (Fsp3) is 0.263.